The molecule has 122 valence electrons. The number of halogens is 1. The van der Waals surface area contributed by atoms with Gasteiger partial charge in [0.05, 0.1) is 17.1 Å². The molecule has 5 heteroatoms. The molecule has 1 heterocycles. The van der Waals surface area contributed by atoms with Gasteiger partial charge in [-0.25, -0.2) is 9.78 Å². The van der Waals surface area contributed by atoms with Crippen LogP contribution in [-0.2, 0) is 11.3 Å². The smallest absolute Gasteiger partial charge is 0.357 e. The number of fused-ring (bicyclic) bond motifs is 1. The lowest BCUT2D eigenvalue weighted by Crippen LogP contribution is -2.08. The Labute approximate surface area is 145 Å². The highest BCUT2D eigenvalue weighted by Crippen LogP contribution is 2.31. The third-order valence-corrected chi connectivity index (χ3v) is 3.78. The van der Waals surface area contributed by atoms with E-state index in [4.69, 9.17) is 21.1 Å². The quantitative estimate of drug-likeness (QED) is 0.634. The van der Waals surface area contributed by atoms with Crippen molar-refractivity contribution in [2.75, 3.05) is 6.61 Å². The van der Waals surface area contributed by atoms with Crippen molar-refractivity contribution < 1.29 is 14.3 Å². The van der Waals surface area contributed by atoms with Gasteiger partial charge in [0.25, 0.3) is 0 Å². The van der Waals surface area contributed by atoms with Crippen molar-refractivity contribution in [1.29, 1.82) is 0 Å². The average molecular weight is 342 g/mol. The van der Waals surface area contributed by atoms with Gasteiger partial charge < -0.3 is 9.47 Å². The number of esters is 1. The highest BCUT2D eigenvalue weighted by Gasteiger charge is 2.15. The van der Waals surface area contributed by atoms with E-state index in [0.717, 1.165) is 10.9 Å². The number of hydrogen-bond donors (Lipinski definition) is 0. The van der Waals surface area contributed by atoms with Gasteiger partial charge in [-0.05, 0) is 24.6 Å². The number of hydrogen-bond acceptors (Lipinski definition) is 4. The third-order valence-electron chi connectivity index (χ3n) is 3.47. The molecular weight excluding hydrogens is 326 g/mol. The Morgan fingerprint density at radius 1 is 1.12 bits per heavy atom. The molecule has 0 saturated heterocycles. The van der Waals surface area contributed by atoms with Gasteiger partial charge in [0.2, 0.25) is 0 Å². The summed E-state index contributed by atoms with van der Waals surface area (Å²) in [5, 5.41) is 1.22. The number of nitrogens with zero attached hydrogens (tertiary/aromatic N) is 1. The molecule has 0 bridgehead atoms. The molecule has 4 nitrogen and oxygen atoms in total. The van der Waals surface area contributed by atoms with Crippen LogP contribution in [-0.4, -0.2) is 17.6 Å². The number of para-hydroxylation sites is 1. The maximum Gasteiger partial charge on any atom is 0.357 e. The fourth-order valence-corrected chi connectivity index (χ4v) is 2.56. The molecule has 24 heavy (non-hydrogen) atoms. The monoisotopic (exact) mass is 341 g/mol. The zero-order chi connectivity index (χ0) is 16.9. The van der Waals surface area contributed by atoms with Crippen LogP contribution in [0.3, 0.4) is 0 Å². The second-order valence-corrected chi connectivity index (χ2v) is 5.54. The molecule has 0 aliphatic carbocycles. The zero-order valence-corrected chi connectivity index (χ0v) is 13.9. The van der Waals surface area contributed by atoms with Gasteiger partial charge in [-0.3, -0.25) is 0 Å². The standard InChI is InChI=1S/C19H16ClNO3/c1-2-23-19(22)16-11-17(24-12-13-7-4-3-5-8-13)14-9-6-10-15(20)18(14)21-16/h3-11H,2,12H2,1H3. The van der Waals surface area contributed by atoms with Crippen LogP contribution in [0, 0.1) is 0 Å². The van der Waals surface area contributed by atoms with Gasteiger partial charge in [0.1, 0.15) is 12.4 Å². The second-order valence-electron chi connectivity index (χ2n) is 5.14. The van der Waals surface area contributed by atoms with Crippen molar-refractivity contribution in [3.05, 3.63) is 70.9 Å². The first-order valence-corrected chi connectivity index (χ1v) is 8.00. The van der Waals surface area contributed by atoms with Gasteiger partial charge in [0, 0.05) is 11.5 Å². The molecule has 0 spiro atoms. The normalized spacial score (nSPS) is 10.6. The van der Waals surface area contributed by atoms with Gasteiger partial charge >= 0.3 is 5.97 Å². The molecule has 0 atom stereocenters. The SMILES string of the molecule is CCOC(=O)c1cc(OCc2ccccc2)c2cccc(Cl)c2n1. The Morgan fingerprint density at radius 2 is 1.92 bits per heavy atom. The van der Waals surface area contributed by atoms with Crippen molar-refractivity contribution in [3.63, 3.8) is 0 Å². The van der Waals surface area contributed by atoms with Crippen molar-refractivity contribution in [3.8, 4) is 5.75 Å². The van der Waals surface area contributed by atoms with Gasteiger partial charge in [0.15, 0.2) is 5.69 Å². The van der Waals surface area contributed by atoms with E-state index in [2.05, 4.69) is 4.98 Å². The molecule has 1 aromatic heterocycles. The van der Waals surface area contributed by atoms with E-state index in [1.807, 2.05) is 42.5 Å². The minimum Gasteiger partial charge on any atom is -0.488 e. The molecular formula is C19H16ClNO3. The summed E-state index contributed by atoms with van der Waals surface area (Å²) >= 11 is 6.23. The fraction of sp³-hybridized carbons (Fsp3) is 0.158. The first-order valence-electron chi connectivity index (χ1n) is 7.62. The maximum absolute atomic E-state index is 12.0. The summed E-state index contributed by atoms with van der Waals surface area (Å²) in [4.78, 5) is 16.4. The molecule has 0 aliphatic rings. The largest absolute Gasteiger partial charge is 0.488 e. The Kier molecular flexibility index (Phi) is 4.96. The lowest BCUT2D eigenvalue weighted by molar-refractivity contribution is 0.0519. The summed E-state index contributed by atoms with van der Waals surface area (Å²) in [6, 6.07) is 16.8. The molecule has 3 aromatic rings. The predicted molar refractivity (Wildman–Crippen MR) is 93.5 cm³/mol. The van der Waals surface area contributed by atoms with Gasteiger partial charge in [-0.1, -0.05) is 48.0 Å². The van der Waals surface area contributed by atoms with E-state index in [-0.39, 0.29) is 12.3 Å². The van der Waals surface area contributed by atoms with Crippen LogP contribution in [0.2, 0.25) is 5.02 Å². The first kappa shape index (κ1) is 16.3. The lowest BCUT2D eigenvalue weighted by atomic mass is 10.1. The summed E-state index contributed by atoms with van der Waals surface area (Å²) in [5.41, 5.74) is 1.73. The molecule has 0 saturated carbocycles. The molecule has 3 rings (SSSR count). The molecule has 0 aliphatic heterocycles. The Morgan fingerprint density at radius 3 is 2.67 bits per heavy atom. The predicted octanol–water partition coefficient (Wildman–Crippen LogP) is 4.64. The van der Waals surface area contributed by atoms with Crippen LogP contribution in [0.15, 0.2) is 54.6 Å². The minimum absolute atomic E-state index is 0.181. The lowest BCUT2D eigenvalue weighted by Gasteiger charge is -2.12. The Hall–Kier alpha value is -2.59. The average Bonchev–Trinajstić information content (AvgIpc) is 2.61. The number of rotatable bonds is 5. The van der Waals surface area contributed by atoms with E-state index >= 15 is 0 Å². The number of carbonyl (C=O) groups is 1. The van der Waals surface area contributed by atoms with Crippen molar-refractivity contribution >= 4 is 28.5 Å². The van der Waals surface area contributed by atoms with Crippen LogP contribution in [0.1, 0.15) is 23.0 Å². The van der Waals surface area contributed by atoms with Crippen molar-refractivity contribution in [2.24, 2.45) is 0 Å². The van der Waals surface area contributed by atoms with Crippen LogP contribution >= 0.6 is 11.6 Å². The first-order chi connectivity index (χ1) is 11.7. The second kappa shape index (κ2) is 7.32. The van der Waals surface area contributed by atoms with E-state index in [9.17, 15) is 4.79 Å². The molecule has 0 N–H and O–H groups in total. The number of aromatic nitrogens is 1. The number of carbonyl (C=O) groups excluding carboxylic acids is 1. The maximum atomic E-state index is 12.0. The van der Waals surface area contributed by atoms with Crippen LogP contribution in [0.4, 0.5) is 0 Å². The van der Waals surface area contributed by atoms with Crippen molar-refractivity contribution in [2.45, 2.75) is 13.5 Å². The molecule has 0 radical (unpaired) electrons. The number of ether oxygens (including phenoxy) is 2. The summed E-state index contributed by atoms with van der Waals surface area (Å²) in [7, 11) is 0. The fourth-order valence-electron chi connectivity index (χ4n) is 2.35. The molecule has 0 amide bonds. The van der Waals surface area contributed by atoms with Crippen molar-refractivity contribution in [1.82, 2.24) is 4.98 Å². The molecule has 0 unspecified atom stereocenters. The minimum atomic E-state index is -0.496. The van der Waals surface area contributed by atoms with E-state index in [0.29, 0.717) is 22.9 Å². The van der Waals surface area contributed by atoms with E-state index in [1.54, 1.807) is 19.1 Å². The Balaban J connectivity index is 2.00. The zero-order valence-electron chi connectivity index (χ0n) is 13.2. The van der Waals surface area contributed by atoms with E-state index in [1.165, 1.54) is 0 Å². The summed E-state index contributed by atoms with van der Waals surface area (Å²) < 4.78 is 11.0. The van der Waals surface area contributed by atoms with Gasteiger partial charge in [-0.2, -0.15) is 0 Å². The number of pyridine rings is 1. The van der Waals surface area contributed by atoms with Crippen LogP contribution in [0.5, 0.6) is 5.75 Å². The highest BCUT2D eigenvalue weighted by atomic mass is 35.5. The highest BCUT2D eigenvalue weighted by molar-refractivity contribution is 6.35. The molecule has 2 aromatic carbocycles. The third kappa shape index (κ3) is 3.49. The summed E-state index contributed by atoms with van der Waals surface area (Å²) in [6.07, 6.45) is 0. The van der Waals surface area contributed by atoms with Crippen LogP contribution in [0.25, 0.3) is 10.9 Å². The summed E-state index contributed by atoms with van der Waals surface area (Å²) in [5.74, 6) is 0.0540. The Bertz CT molecular complexity index is 865. The summed E-state index contributed by atoms with van der Waals surface area (Å²) in [6.45, 7) is 2.41. The topological polar surface area (TPSA) is 48.4 Å². The number of benzene rings is 2. The molecule has 0 fully saturated rings. The van der Waals surface area contributed by atoms with Gasteiger partial charge in [-0.15, -0.1) is 0 Å². The van der Waals surface area contributed by atoms with E-state index < -0.39 is 5.97 Å². The van der Waals surface area contributed by atoms with Crippen LogP contribution < -0.4 is 4.74 Å².